The summed E-state index contributed by atoms with van der Waals surface area (Å²) in [6.45, 7) is 0. The molecule has 6 nitrogen and oxygen atoms in total. The van der Waals surface area contributed by atoms with Gasteiger partial charge in [0, 0.05) is 6.07 Å². The number of halogens is 5. The first kappa shape index (κ1) is 16.5. The Labute approximate surface area is 132 Å². The first-order valence-electron chi connectivity index (χ1n) is 5.69. The van der Waals surface area contributed by atoms with Gasteiger partial charge in [0.15, 0.2) is 11.0 Å². The summed E-state index contributed by atoms with van der Waals surface area (Å²) >= 11 is 10.4. The van der Waals surface area contributed by atoms with E-state index in [4.69, 9.17) is 29.0 Å². The van der Waals surface area contributed by atoms with Crippen LogP contribution in [0.1, 0.15) is 11.4 Å². The van der Waals surface area contributed by atoms with Crippen molar-refractivity contribution >= 4 is 29.1 Å². The molecule has 0 bridgehead atoms. The third-order valence-corrected chi connectivity index (χ3v) is 3.07. The van der Waals surface area contributed by atoms with Crippen molar-refractivity contribution in [3.63, 3.8) is 0 Å². The number of nitrogens with zero attached hydrogens (tertiary/aromatic N) is 3. The van der Waals surface area contributed by atoms with Gasteiger partial charge >= 0.3 is 5.38 Å². The summed E-state index contributed by atoms with van der Waals surface area (Å²) in [5.41, 5.74) is 1.06. The second-order valence-electron chi connectivity index (χ2n) is 4.14. The van der Waals surface area contributed by atoms with E-state index in [0.29, 0.717) is 0 Å². The average Bonchev–Trinajstić information content (AvgIpc) is 2.85. The molecule has 0 radical (unpaired) electrons. The molecule has 0 spiro atoms. The van der Waals surface area contributed by atoms with Crippen LogP contribution in [-0.4, -0.2) is 20.7 Å². The van der Waals surface area contributed by atoms with Gasteiger partial charge < -0.3 is 0 Å². The summed E-state index contributed by atoms with van der Waals surface area (Å²) in [6.07, 6.45) is 0.735. The Hall–Kier alpha value is -1.84. The van der Waals surface area contributed by atoms with Gasteiger partial charge in [0.1, 0.15) is 5.69 Å². The molecule has 0 aromatic carbocycles. The van der Waals surface area contributed by atoms with Crippen molar-refractivity contribution in [1.29, 1.82) is 0 Å². The monoisotopic (exact) mass is 353 g/mol. The van der Waals surface area contributed by atoms with Gasteiger partial charge in [-0.2, -0.15) is 13.9 Å². The molecule has 0 aliphatic rings. The molecular weight excluding hydrogens is 346 g/mol. The molecule has 2 heterocycles. The van der Waals surface area contributed by atoms with E-state index in [1.165, 1.54) is 0 Å². The fraction of sp³-hybridized carbons (Fsp3) is 0.182. The third-order valence-electron chi connectivity index (χ3n) is 2.60. The van der Waals surface area contributed by atoms with Crippen LogP contribution in [0.3, 0.4) is 0 Å². The van der Waals surface area contributed by atoms with Crippen molar-refractivity contribution in [3.05, 3.63) is 40.7 Å². The molecule has 0 saturated heterocycles. The normalized spacial score (nSPS) is 11.5. The maximum atomic E-state index is 13.5. The van der Waals surface area contributed by atoms with Crippen LogP contribution in [0.25, 0.3) is 5.69 Å². The number of rotatable bonds is 4. The Morgan fingerprint density at radius 1 is 1.45 bits per heavy atom. The molecule has 1 amide bonds. The molecule has 2 aromatic rings. The number of alkyl halides is 3. The van der Waals surface area contributed by atoms with E-state index in [2.05, 4.69) is 10.1 Å². The van der Waals surface area contributed by atoms with Crippen LogP contribution in [-0.2, 0) is 16.6 Å². The molecule has 2 aromatic heterocycles. The van der Waals surface area contributed by atoms with Gasteiger partial charge in [0.05, 0.1) is 24.0 Å². The number of carbonyl (C=O) groups is 1. The second kappa shape index (κ2) is 6.11. The number of hydrazine groups is 1. The SMILES string of the molecule is NNC(=O)Cc1cc(C(F)(F)Cl)nn1-c1cnc(Cl)c(F)c1. The minimum Gasteiger partial charge on any atom is -0.294 e. The van der Waals surface area contributed by atoms with Gasteiger partial charge in [0.2, 0.25) is 5.91 Å². The Morgan fingerprint density at radius 2 is 2.14 bits per heavy atom. The number of hydrogen-bond acceptors (Lipinski definition) is 4. The topological polar surface area (TPSA) is 85.8 Å². The minimum absolute atomic E-state index is 0.00566. The molecule has 3 N–H and O–H groups in total. The van der Waals surface area contributed by atoms with Gasteiger partial charge in [-0.05, 0) is 17.7 Å². The average molecular weight is 354 g/mol. The van der Waals surface area contributed by atoms with Crippen molar-refractivity contribution in [1.82, 2.24) is 20.2 Å². The molecule has 0 saturated carbocycles. The highest BCUT2D eigenvalue weighted by atomic mass is 35.5. The lowest BCUT2D eigenvalue weighted by atomic mass is 10.2. The molecule has 0 fully saturated rings. The van der Waals surface area contributed by atoms with Gasteiger partial charge in [-0.3, -0.25) is 10.2 Å². The van der Waals surface area contributed by atoms with E-state index in [1.807, 2.05) is 5.43 Å². The Morgan fingerprint density at radius 3 is 2.68 bits per heavy atom. The molecule has 0 aliphatic heterocycles. The number of pyridine rings is 1. The molecular formula is C11H8Cl2F3N5O. The van der Waals surface area contributed by atoms with Gasteiger partial charge in [0.25, 0.3) is 0 Å². The molecule has 0 unspecified atom stereocenters. The summed E-state index contributed by atoms with van der Waals surface area (Å²) in [4.78, 5) is 14.9. The molecule has 0 atom stereocenters. The number of amides is 1. The van der Waals surface area contributed by atoms with Crippen LogP contribution in [0, 0.1) is 5.82 Å². The largest absolute Gasteiger partial charge is 0.366 e. The van der Waals surface area contributed by atoms with Crippen LogP contribution in [0.2, 0.25) is 5.15 Å². The smallest absolute Gasteiger partial charge is 0.294 e. The van der Waals surface area contributed by atoms with Crippen molar-refractivity contribution < 1.29 is 18.0 Å². The number of nitrogens with one attached hydrogen (secondary N) is 1. The van der Waals surface area contributed by atoms with E-state index < -0.39 is 22.8 Å². The Balaban J connectivity index is 2.54. The first-order valence-corrected chi connectivity index (χ1v) is 6.45. The Bertz CT molecular complexity index is 716. The second-order valence-corrected chi connectivity index (χ2v) is 4.97. The highest BCUT2D eigenvalue weighted by Gasteiger charge is 2.33. The van der Waals surface area contributed by atoms with Crippen molar-refractivity contribution in [3.8, 4) is 5.69 Å². The van der Waals surface area contributed by atoms with E-state index in [9.17, 15) is 18.0 Å². The quantitative estimate of drug-likeness (QED) is 0.289. The fourth-order valence-corrected chi connectivity index (χ4v) is 1.85. The molecule has 2 rings (SSSR count). The lowest BCUT2D eigenvalue weighted by Gasteiger charge is -2.07. The van der Waals surface area contributed by atoms with E-state index >= 15 is 0 Å². The predicted octanol–water partition coefficient (Wildman–Crippen LogP) is 1.88. The summed E-state index contributed by atoms with van der Waals surface area (Å²) in [5.74, 6) is 3.42. The van der Waals surface area contributed by atoms with Crippen LogP contribution in [0.5, 0.6) is 0 Å². The summed E-state index contributed by atoms with van der Waals surface area (Å²) in [5, 5.41) is -0.567. The minimum atomic E-state index is -3.75. The molecule has 22 heavy (non-hydrogen) atoms. The molecule has 0 aliphatic carbocycles. The predicted molar refractivity (Wildman–Crippen MR) is 72.1 cm³/mol. The van der Waals surface area contributed by atoms with Crippen LogP contribution in [0.4, 0.5) is 13.2 Å². The lowest BCUT2D eigenvalue weighted by molar-refractivity contribution is -0.120. The number of carbonyl (C=O) groups excluding carboxylic acids is 1. The van der Waals surface area contributed by atoms with Crippen LogP contribution in [0.15, 0.2) is 18.3 Å². The summed E-state index contributed by atoms with van der Waals surface area (Å²) < 4.78 is 40.7. The maximum absolute atomic E-state index is 13.5. The molecule has 118 valence electrons. The third kappa shape index (κ3) is 3.49. The van der Waals surface area contributed by atoms with Crippen molar-refractivity contribution in [2.24, 2.45) is 5.84 Å². The zero-order valence-corrected chi connectivity index (χ0v) is 12.2. The van der Waals surface area contributed by atoms with E-state index in [-0.39, 0.29) is 23.0 Å². The number of nitrogens with two attached hydrogens (primary N) is 1. The maximum Gasteiger partial charge on any atom is 0.366 e. The van der Waals surface area contributed by atoms with E-state index in [0.717, 1.165) is 23.0 Å². The number of hydrogen-bond donors (Lipinski definition) is 2. The highest BCUT2D eigenvalue weighted by molar-refractivity contribution is 6.29. The molecule has 11 heteroatoms. The van der Waals surface area contributed by atoms with Crippen LogP contribution >= 0.6 is 23.2 Å². The van der Waals surface area contributed by atoms with Gasteiger partial charge in [-0.25, -0.2) is 19.9 Å². The van der Waals surface area contributed by atoms with Crippen molar-refractivity contribution in [2.45, 2.75) is 11.8 Å². The first-order chi connectivity index (χ1) is 10.2. The van der Waals surface area contributed by atoms with E-state index in [1.54, 1.807) is 0 Å². The zero-order chi connectivity index (χ0) is 16.5. The highest BCUT2D eigenvalue weighted by Crippen LogP contribution is 2.32. The zero-order valence-electron chi connectivity index (χ0n) is 10.7. The Kier molecular flexibility index (Phi) is 4.59. The van der Waals surface area contributed by atoms with Gasteiger partial charge in [-0.15, -0.1) is 0 Å². The lowest BCUT2D eigenvalue weighted by Crippen LogP contribution is -2.32. The fourth-order valence-electron chi connectivity index (χ4n) is 1.65. The standard InChI is InChI=1S/C11H8Cl2F3N5O/c12-10-7(14)1-6(4-18-10)21-5(3-9(22)19-17)2-8(20-21)11(13,15)16/h1-2,4H,3,17H2,(H,19,22). The summed E-state index contributed by atoms with van der Waals surface area (Å²) in [6, 6.07) is 1.84. The van der Waals surface area contributed by atoms with Crippen molar-refractivity contribution in [2.75, 3.05) is 0 Å². The van der Waals surface area contributed by atoms with Crippen LogP contribution < -0.4 is 11.3 Å². The van der Waals surface area contributed by atoms with Gasteiger partial charge in [-0.1, -0.05) is 11.6 Å². The summed E-state index contributed by atoms with van der Waals surface area (Å²) in [7, 11) is 0. The number of aromatic nitrogens is 3.